The van der Waals surface area contributed by atoms with Gasteiger partial charge < -0.3 is 14.0 Å². The molecule has 2 heterocycles. The average molecular weight is 408 g/mol. The van der Waals surface area contributed by atoms with Gasteiger partial charge in [-0.1, -0.05) is 6.07 Å². The van der Waals surface area contributed by atoms with Gasteiger partial charge in [0, 0.05) is 31.4 Å². The molecule has 30 heavy (non-hydrogen) atoms. The SMILES string of the molecule is COc1cc(F)ccc1-c1cc(CC(=O)OCc2ccc3c(c2)ncn3C)n(C)n1. The lowest BCUT2D eigenvalue weighted by Gasteiger charge is -2.06. The van der Waals surface area contributed by atoms with E-state index in [9.17, 15) is 9.18 Å². The van der Waals surface area contributed by atoms with Gasteiger partial charge in [0.25, 0.3) is 0 Å². The lowest BCUT2D eigenvalue weighted by Crippen LogP contribution is -2.11. The van der Waals surface area contributed by atoms with E-state index in [2.05, 4.69) is 10.1 Å². The summed E-state index contributed by atoms with van der Waals surface area (Å²) < 4.78 is 27.7. The third kappa shape index (κ3) is 3.89. The number of hydrogen-bond acceptors (Lipinski definition) is 5. The fraction of sp³-hybridized carbons (Fsp3) is 0.227. The van der Waals surface area contributed by atoms with E-state index in [1.165, 1.54) is 19.2 Å². The number of ether oxygens (including phenoxy) is 2. The molecular weight excluding hydrogens is 387 g/mol. The first kappa shape index (κ1) is 19.6. The number of fused-ring (bicyclic) bond motifs is 1. The molecule has 0 bridgehead atoms. The van der Waals surface area contributed by atoms with Gasteiger partial charge in [0.1, 0.15) is 18.2 Å². The highest BCUT2D eigenvalue weighted by molar-refractivity contribution is 5.76. The molecular formula is C22H21FN4O3. The van der Waals surface area contributed by atoms with E-state index in [1.807, 2.05) is 29.8 Å². The first-order valence-corrected chi connectivity index (χ1v) is 9.37. The van der Waals surface area contributed by atoms with Crippen LogP contribution in [0.3, 0.4) is 0 Å². The molecule has 2 aromatic carbocycles. The lowest BCUT2D eigenvalue weighted by molar-refractivity contribution is -0.144. The van der Waals surface area contributed by atoms with Crippen LogP contribution in [0.1, 0.15) is 11.3 Å². The second-order valence-corrected chi connectivity index (χ2v) is 7.01. The molecule has 0 aliphatic carbocycles. The van der Waals surface area contributed by atoms with Crippen molar-refractivity contribution in [2.75, 3.05) is 7.11 Å². The van der Waals surface area contributed by atoms with Crippen molar-refractivity contribution >= 4 is 17.0 Å². The molecule has 0 aliphatic heterocycles. The monoisotopic (exact) mass is 408 g/mol. The third-order valence-corrected chi connectivity index (χ3v) is 4.93. The topological polar surface area (TPSA) is 71.2 Å². The minimum absolute atomic E-state index is 0.0683. The third-order valence-electron chi connectivity index (χ3n) is 4.93. The Morgan fingerprint density at radius 2 is 1.97 bits per heavy atom. The van der Waals surface area contributed by atoms with Gasteiger partial charge >= 0.3 is 5.97 Å². The van der Waals surface area contributed by atoms with Gasteiger partial charge in [-0.15, -0.1) is 0 Å². The van der Waals surface area contributed by atoms with Crippen LogP contribution in [0.5, 0.6) is 5.75 Å². The molecule has 4 aromatic rings. The van der Waals surface area contributed by atoms with Crippen LogP contribution >= 0.6 is 0 Å². The number of benzene rings is 2. The molecule has 0 saturated heterocycles. The average Bonchev–Trinajstić information content (AvgIpc) is 3.28. The highest BCUT2D eigenvalue weighted by Gasteiger charge is 2.15. The summed E-state index contributed by atoms with van der Waals surface area (Å²) in [5, 5.41) is 4.42. The predicted octanol–water partition coefficient (Wildman–Crippen LogP) is 3.41. The molecule has 2 aromatic heterocycles. The van der Waals surface area contributed by atoms with Gasteiger partial charge in [0.2, 0.25) is 0 Å². The van der Waals surface area contributed by atoms with Crippen molar-refractivity contribution < 1.29 is 18.7 Å². The van der Waals surface area contributed by atoms with Gasteiger partial charge in [-0.05, 0) is 35.9 Å². The number of methoxy groups -OCH3 is 1. The Balaban J connectivity index is 1.44. The maximum atomic E-state index is 13.4. The Hall–Kier alpha value is -3.68. The van der Waals surface area contributed by atoms with E-state index < -0.39 is 0 Å². The number of aryl methyl sites for hydroxylation is 2. The molecule has 0 spiro atoms. The van der Waals surface area contributed by atoms with Gasteiger partial charge in [-0.2, -0.15) is 5.10 Å². The standard InChI is InChI=1S/C22H21FN4O3/c1-26-13-24-19-8-14(4-7-20(19)26)12-30-22(28)11-16-10-18(25-27(16)2)17-6-5-15(23)9-21(17)29-3/h4-10,13H,11-12H2,1-3H3. The highest BCUT2D eigenvalue weighted by Crippen LogP contribution is 2.30. The molecule has 4 rings (SSSR count). The van der Waals surface area contributed by atoms with E-state index >= 15 is 0 Å². The fourth-order valence-electron chi connectivity index (χ4n) is 3.31. The Labute approximate surface area is 172 Å². The van der Waals surface area contributed by atoms with Crippen LogP contribution in [0, 0.1) is 5.82 Å². The first-order chi connectivity index (χ1) is 14.4. The highest BCUT2D eigenvalue weighted by atomic mass is 19.1. The van der Waals surface area contributed by atoms with Crippen molar-refractivity contribution in [2.24, 2.45) is 14.1 Å². The van der Waals surface area contributed by atoms with Crippen LogP contribution in [0.25, 0.3) is 22.3 Å². The maximum absolute atomic E-state index is 13.4. The van der Waals surface area contributed by atoms with E-state index in [-0.39, 0.29) is 24.8 Å². The van der Waals surface area contributed by atoms with Gasteiger partial charge in [-0.25, -0.2) is 9.37 Å². The van der Waals surface area contributed by atoms with Gasteiger partial charge in [0.05, 0.1) is 36.6 Å². The Bertz CT molecular complexity index is 1230. The summed E-state index contributed by atoms with van der Waals surface area (Å²) in [6.45, 7) is 0.168. The zero-order valence-corrected chi connectivity index (χ0v) is 16.9. The van der Waals surface area contributed by atoms with Crippen molar-refractivity contribution in [1.29, 1.82) is 0 Å². The maximum Gasteiger partial charge on any atom is 0.312 e. The molecule has 0 unspecified atom stereocenters. The minimum Gasteiger partial charge on any atom is -0.496 e. The van der Waals surface area contributed by atoms with Gasteiger partial charge in [-0.3, -0.25) is 9.48 Å². The van der Waals surface area contributed by atoms with E-state index in [1.54, 1.807) is 30.2 Å². The summed E-state index contributed by atoms with van der Waals surface area (Å²) in [5.74, 6) is -0.372. The molecule has 0 amide bonds. The summed E-state index contributed by atoms with van der Waals surface area (Å²) in [5.41, 5.74) is 4.67. The Morgan fingerprint density at radius 1 is 1.13 bits per heavy atom. The minimum atomic E-state index is -0.390. The Morgan fingerprint density at radius 3 is 2.77 bits per heavy atom. The number of carbonyl (C=O) groups is 1. The largest absolute Gasteiger partial charge is 0.496 e. The van der Waals surface area contributed by atoms with Crippen LogP contribution < -0.4 is 4.74 Å². The first-order valence-electron chi connectivity index (χ1n) is 9.37. The molecule has 7 nitrogen and oxygen atoms in total. The summed E-state index contributed by atoms with van der Waals surface area (Å²) >= 11 is 0. The molecule has 0 saturated carbocycles. The second-order valence-electron chi connectivity index (χ2n) is 7.01. The van der Waals surface area contributed by atoms with Crippen molar-refractivity contribution in [3.05, 3.63) is 65.9 Å². The molecule has 8 heteroatoms. The zero-order chi connectivity index (χ0) is 21.3. The van der Waals surface area contributed by atoms with Crippen molar-refractivity contribution in [1.82, 2.24) is 19.3 Å². The molecule has 0 N–H and O–H groups in total. The summed E-state index contributed by atoms with van der Waals surface area (Å²) in [6, 6.07) is 11.8. The van der Waals surface area contributed by atoms with E-state index in [4.69, 9.17) is 9.47 Å². The quantitative estimate of drug-likeness (QED) is 0.457. The van der Waals surface area contributed by atoms with Crippen LogP contribution in [0.4, 0.5) is 4.39 Å². The second kappa shape index (κ2) is 7.98. The molecule has 154 valence electrons. The summed E-state index contributed by atoms with van der Waals surface area (Å²) in [4.78, 5) is 16.7. The summed E-state index contributed by atoms with van der Waals surface area (Å²) in [7, 11) is 5.15. The van der Waals surface area contributed by atoms with Crippen molar-refractivity contribution in [3.8, 4) is 17.0 Å². The normalized spacial score (nSPS) is 11.1. The number of halogens is 1. The molecule has 0 radical (unpaired) electrons. The van der Waals surface area contributed by atoms with Gasteiger partial charge in [0.15, 0.2) is 0 Å². The number of hydrogen-bond donors (Lipinski definition) is 0. The number of imidazole rings is 1. The number of esters is 1. The number of rotatable bonds is 6. The Kier molecular flexibility index (Phi) is 5.22. The number of carbonyl (C=O) groups excluding carboxylic acids is 1. The fourth-order valence-corrected chi connectivity index (χ4v) is 3.31. The van der Waals surface area contributed by atoms with Crippen LogP contribution in [0.15, 0.2) is 48.8 Å². The smallest absolute Gasteiger partial charge is 0.312 e. The van der Waals surface area contributed by atoms with Crippen LogP contribution in [-0.4, -0.2) is 32.4 Å². The summed E-state index contributed by atoms with van der Waals surface area (Å²) in [6.07, 6.45) is 1.81. The molecule has 0 atom stereocenters. The lowest BCUT2D eigenvalue weighted by atomic mass is 10.1. The van der Waals surface area contributed by atoms with Crippen LogP contribution in [-0.2, 0) is 36.7 Å². The number of aromatic nitrogens is 4. The van der Waals surface area contributed by atoms with E-state index in [0.29, 0.717) is 22.7 Å². The molecule has 0 aliphatic rings. The van der Waals surface area contributed by atoms with E-state index in [0.717, 1.165) is 16.6 Å². The number of nitrogens with zero attached hydrogens (tertiary/aromatic N) is 4. The zero-order valence-electron chi connectivity index (χ0n) is 16.9. The van der Waals surface area contributed by atoms with Crippen LogP contribution in [0.2, 0.25) is 0 Å². The predicted molar refractivity (Wildman–Crippen MR) is 109 cm³/mol. The van der Waals surface area contributed by atoms with Crippen molar-refractivity contribution in [3.63, 3.8) is 0 Å². The molecule has 0 fully saturated rings. The van der Waals surface area contributed by atoms with Crippen molar-refractivity contribution in [2.45, 2.75) is 13.0 Å².